The van der Waals surface area contributed by atoms with Gasteiger partial charge in [0.25, 0.3) is 5.56 Å². The molecule has 2 aliphatic carbocycles. The number of amides is 1. The van der Waals surface area contributed by atoms with Crippen molar-refractivity contribution in [3.8, 4) is 0 Å². The summed E-state index contributed by atoms with van der Waals surface area (Å²) in [5.74, 6) is 1.11. The normalized spacial score (nSPS) is 21.9. The number of hydrogen-bond donors (Lipinski definition) is 2. The molecule has 136 valence electrons. The molecule has 0 atom stereocenters. The monoisotopic (exact) mass is 355 g/mol. The molecule has 2 N–H and O–H groups in total. The van der Waals surface area contributed by atoms with Crippen LogP contribution in [0.4, 0.5) is 4.39 Å². The Kier molecular flexibility index (Phi) is 4.34. The Hall–Kier alpha value is -2.50. The lowest BCUT2D eigenvalue weighted by atomic mass is 9.78. The second kappa shape index (κ2) is 6.67. The molecule has 0 unspecified atom stereocenters. The van der Waals surface area contributed by atoms with Gasteiger partial charge in [-0.1, -0.05) is 6.07 Å². The fourth-order valence-corrected chi connectivity index (χ4v) is 3.54. The standard InChI is InChI=1S/C20H22FN3O2/c1-11-6-15(21)5-4-13(11)9-18(25)22-16-7-14(8-16)17-10-19(26)24-20(23-17)12-2-3-12/h4-6,10,12,14,16H,2-3,7-9H2,1H3,(H,22,25)(H,23,24,26)/t14-,16+. The number of aromatic amines is 1. The van der Waals surface area contributed by atoms with Gasteiger partial charge in [0.05, 0.1) is 12.1 Å². The van der Waals surface area contributed by atoms with Crippen molar-refractivity contribution in [3.05, 3.63) is 63.1 Å². The van der Waals surface area contributed by atoms with E-state index in [1.54, 1.807) is 19.1 Å². The van der Waals surface area contributed by atoms with E-state index in [0.717, 1.165) is 48.3 Å². The molecule has 0 bridgehead atoms. The minimum Gasteiger partial charge on any atom is -0.353 e. The molecule has 2 aromatic rings. The Morgan fingerprint density at radius 1 is 1.27 bits per heavy atom. The lowest BCUT2D eigenvalue weighted by Crippen LogP contribution is -2.44. The average molecular weight is 355 g/mol. The molecule has 1 aromatic carbocycles. The van der Waals surface area contributed by atoms with E-state index >= 15 is 0 Å². The summed E-state index contributed by atoms with van der Waals surface area (Å²) >= 11 is 0. The molecule has 2 saturated carbocycles. The van der Waals surface area contributed by atoms with Crippen molar-refractivity contribution in [3.63, 3.8) is 0 Å². The number of halogens is 1. The summed E-state index contributed by atoms with van der Waals surface area (Å²) in [7, 11) is 0. The van der Waals surface area contributed by atoms with E-state index in [1.807, 2.05) is 0 Å². The topological polar surface area (TPSA) is 74.8 Å². The van der Waals surface area contributed by atoms with E-state index in [0.29, 0.717) is 5.92 Å². The summed E-state index contributed by atoms with van der Waals surface area (Å²) in [6.45, 7) is 1.81. The molecule has 1 heterocycles. The van der Waals surface area contributed by atoms with E-state index in [1.165, 1.54) is 12.1 Å². The summed E-state index contributed by atoms with van der Waals surface area (Å²) in [4.78, 5) is 31.5. The van der Waals surface area contributed by atoms with E-state index in [-0.39, 0.29) is 35.7 Å². The van der Waals surface area contributed by atoms with Gasteiger partial charge in [-0.25, -0.2) is 9.37 Å². The molecular weight excluding hydrogens is 333 g/mol. The first-order chi connectivity index (χ1) is 12.5. The number of nitrogens with zero attached hydrogens (tertiary/aromatic N) is 1. The van der Waals surface area contributed by atoms with Crippen molar-refractivity contribution < 1.29 is 9.18 Å². The summed E-state index contributed by atoms with van der Waals surface area (Å²) < 4.78 is 13.1. The van der Waals surface area contributed by atoms with Gasteiger partial charge >= 0.3 is 0 Å². The Labute approximate surface area is 151 Å². The number of carbonyl (C=O) groups is 1. The Balaban J connectivity index is 1.32. The van der Waals surface area contributed by atoms with Crippen LogP contribution < -0.4 is 10.9 Å². The quantitative estimate of drug-likeness (QED) is 0.866. The third kappa shape index (κ3) is 3.69. The van der Waals surface area contributed by atoms with Crippen molar-refractivity contribution in [1.82, 2.24) is 15.3 Å². The van der Waals surface area contributed by atoms with Crippen LogP contribution in [0.2, 0.25) is 0 Å². The Morgan fingerprint density at radius 3 is 2.73 bits per heavy atom. The number of benzene rings is 1. The first kappa shape index (κ1) is 16.9. The van der Waals surface area contributed by atoms with Crippen molar-refractivity contribution in [2.24, 2.45) is 0 Å². The maximum absolute atomic E-state index is 13.1. The van der Waals surface area contributed by atoms with Gasteiger partial charge in [-0.05, 0) is 55.9 Å². The van der Waals surface area contributed by atoms with Gasteiger partial charge < -0.3 is 10.3 Å². The predicted octanol–water partition coefficient (Wildman–Crippen LogP) is 2.70. The van der Waals surface area contributed by atoms with Crippen LogP contribution in [0.5, 0.6) is 0 Å². The van der Waals surface area contributed by atoms with Crippen LogP contribution in [0, 0.1) is 12.7 Å². The lowest BCUT2D eigenvalue weighted by molar-refractivity contribution is -0.121. The molecule has 0 radical (unpaired) electrons. The highest BCUT2D eigenvalue weighted by molar-refractivity contribution is 5.79. The van der Waals surface area contributed by atoms with Gasteiger partial charge in [0.2, 0.25) is 5.91 Å². The van der Waals surface area contributed by atoms with Crippen LogP contribution in [0.3, 0.4) is 0 Å². The Morgan fingerprint density at radius 2 is 2.04 bits per heavy atom. The maximum Gasteiger partial charge on any atom is 0.251 e. The van der Waals surface area contributed by atoms with Crippen LogP contribution in [0.15, 0.2) is 29.1 Å². The van der Waals surface area contributed by atoms with E-state index < -0.39 is 0 Å². The van der Waals surface area contributed by atoms with Gasteiger partial charge in [-0.3, -0.25) is 9.59 Å². The van der Waals surface area contributed by atoms with Gasteiger partial charge in [0.15, 0.2) is 0 Å². The minimum atomic E-state index is -0.288. The van der Waals surface area contributed by atoms with Gasteiger partial charge in [-0.2, -0.15) is 0 Å². The molecular formula is C20H22FN3O2. The number of hydrogen-bond acceptors (Lipinski definition) is 3. The van der Waals surface area contributed by atoms with Crippen molar-refractivity contribution >= 4 is 5.91 Å². The molecule has 6 heteroatoms. The highest BCUT2D eigenvalue weighted by atomic mass is 19.1. The summed E-state index contributed by atoms with van der Waals surface area (Å²) in [5.41, 5.74) is 2.38. The third-order valence-electron chi connectivity index (χ3n) is 5.32. The fraction of sp³-hybridized carbons (Fsp3) is 0.450. The number of rotatable bonds is 5. The summed E-state index contributed by atoms with van der Waals surface area (Å²) in [6.07, 6.45) is 4.04. The molecule has 0 saturated heterocycles. The van der Waals surface area contributed by atoms with Crippen molar-refractivity contribution in [1.29, 1.82) is 0 Å². The maximum atomic E-state index is 13.1. The molecule has 1 amide bonds. The van der Waals surface area contributed by atoms with Gasteiger partial charge in [-0.15, -0.1) is 0 Å². The van der Waals surface area contributed by atoms with E-state index in [2.05, 4.69) is 15.3 Å². The molecule has 4 rings (SSSR count). The molecule has 2 aliphatic rings. The molecule has 1 aromatic heterocycles. The molecule has 0 aliphatic heterocycles. The first-order valence-electron chi connectivity index (χ1n) is 9.13. The Bertz CT molecular complexity index is 898. The third-order valence-corrected chi connectivity index (χ3v) is 5.32. The molecule has 5 nitrogen and oxygen atoms in total. The number of aryl methyl sites for hydroxylation is 1. The van der Waals surface area contributed by atoms with Crippen molar-refractivity contribution in [2.45, 2.75) is 56.9 Å². The lowest BCUT2D eigenvalue weighted by Gasteiger charge is -2.35. The zero-order chi connectivity index (χ0) is 18.3. The average Bonchev–Trinajstić information content (AvgIpc) is 3.37. The number of carbonyl (C=O) groups excluding carboxylic acids is 1. The second-order valence-corrected chi connectivity index (χ2v) is 7.51. The zero-order valence-corrected chi connectivity index (χ0v) is 14.7. The fourth-order valence-electron chi connectivity index (χ4n) is 3.54. The molecule has 0 spiro atoms. The van der Waals surface area contributed by atoms with Crippen LogP contribution in [0.25, 0.3) is 0 Å². The molecule has 2 fully saturated rings. The van der Waals surface area contributed by atoms with Crippen LogP contribution in [-0.2, 0) is 11.2 Å². The number of nitrogens with one attached hydrogen (secondary N) is 2. The zero-order valence-electron chi connectivity index (χ0n) is 14.7. The first-order valence-corrected chi connectivity index (χ1v) is 9.13. The van der Waals surface area contributed by atoms with E-state index in [9.17, 15) is 14.0 Å². The SMILES string of the molecule is Cc1cc(F)ccc1CC(=O)N[C@H]1C[C@@H](c2cc(=O)[nH]c(C3CC3)n2)C1. The van der Waals surface area contributed by atoms with Gasteiger partial charge in [0.1, 0.15) is 11.6 Å². The van der Waals surface area contributed by atoms with Gasteiger partial charge in [0, 0.05) is 23.9 Å². The number of H-pyrrole nitrogens is 1. The summed E-state index contributed by atoms with van der Waals surface area (Å²) in [5, 5.41) is 3.02. The minimum absolute atomic E-state index is 0.0549. The predicted molar refractivity (Wildman–Crippen MR) is 95.6 cm³/mol. The van der Waals surface area contributed by atoms with Crippen LogP contribution >= 0.6 is 0 Å². The smallest absolute Gasteiger partial charge is 0.251 e. The second-order valence-electron chi connectivity index (χ2n) is 7.51. The van der Waals surface area contributed by atoms with Crippen LogP contribution in [0.1, 0.15) is 60.2 Å². The number of aromatic nitrogens is 2. The van der Waals surface area contributed by atoms with Crippen molar-refractivity contribution in [2.75, 3.05) is 0 Å². The highest BCUT2D eigenvalue weighted by Crippen LogP contribution is 2.40. The van der Waals surface area contributed by atoms with E-state index in [4.69, 9.17) is 0 Å². The van der Waals surface area contributed by atoms with Crippen LogP contribution in [-0.4, -0.2) is 21.9 Å². The molecule has 26 heavy (non-hydrogen) atoms. The largest absolute Gasteiger partial charge is 0.353 e. The summed E-state index contributed by atoms with van der Waals surface area (Å²) in [6, 6.07) is 6.17. The highest BCUT2D eigenvalue weighted by Gasteiger charge is 2.34.